The molecule has 2 N–H and O–H groups in total. The predicted molar refractivity (Wildman–Crippen MR) is 58.1 cm³/mol. The smallest absolute Gasteiger partial charge is 0.408 e. The minimum atomic E-state index is -1.00. The van der Waals surface area contributed by atoms with Gasteiger partial charge < -0.3 is 15.2 Å². The lowest BCUT2D eigenvalue weighted by Gasteiger charge is -2.21. The fraction of sp³-hybridized carbons (Fsp3) is 0.818. The molecule has 1 atom stereocenters. The Bertz CT molecular complexity index is 278. The number of carboxylic acid groups (broad SMARTS) is 1. The highest BCUT2D eigenvalue weighted by Crippen LogP contribution is 2.33. The van der Waals surface area contributed by atoms with Crippen molar-refractivity contribution in [2.24, 2.45) is 5.92 Å². The third kappa shape index (κ3) is 5.00. The van der Waals surface area contributed by atoms with E-state index < -0.39 is 23.7 Å². The number of nitrogens with one attached hydrogen (secondary N) is 1. The third-order valence-corrected chi connectivity index (χ3v) is 2.26. The SMILES string of the molecule is CC(C)(C)OC(=O)NC(CC1CC1)C(=O)O. The van der Waals surface area contributed by atoms with Crippen LogP contribution in [0.25, 0.3) is 0 Å². The van der Waals surface area contributed by atoms with E-state index in [1.54, 1.807) is 20.8 Å². The van der Waals surface area contributed by atoms with Crippen LogP contribution in [0.5, 0.6) is 0 Å². The van der Waals surface area contributed by atoms with Gasteiger partial charge in [-0.25, -0.2) is 9.59 Å². The van der Waals surface area contributed by atoms with Gasteiger partial charge in [0.1, 0.15) is 11.6 Å². The van der Waals surface area contributed by atoms with E-state index in [4.69, 9.17) is 9.84 Å². The van der Waals surface area contributed by atoms with Crippen LogP contribution in [0, 0.1) is 5.92 Å². The Morgan fingerprint density at radius 3 is 2.38 bits per heavy atom. The van der Waals surface area contributed by atoms with Gasteiger partial charge in [0.2, 0.25) is 0 Å². The minimum Gasteiger partial charge on any atom is -0.480 e. The van der Waals surface area contributed by atoms with Gasteiger partial charge in [-0.3, -0.25) is 0 Å². The molecule has 5 heteroatoms. The zero-order valence-corrected chi connectivity index (χ0v) is 9.95. The van der Waals surface area contributed by atoms with E-state index in [0.717, 1.165) is 12.8 Å². The quantitative estimate of drug-likeness (QED) is 0.770. The van der Waals surface area contributed by atoms with Gasteiger partial charge >= 0.3 is 12.1 Å². The summed E-state index contributed by atoms with van der Waals surface area (Å²) in [5.74, 6) is -0.561. The summed E-state index contributed by atoms with van der Waals surface area (Å²) in [6, 6.07) is -0.831. The maximum absolute atomic E-state index is 11.4. The van der Waals surface area contributed by atoms with Crippen molar-refractivity contribution in [2.75, 3.05) is 0 Å². The number of alkyl carbamates (subject to hydrolysis) is 1. The van der Waals surface area contributed by atoms with Gasteiger partial charge in [0.25, 0.3) is 0 Å². The number of carboxylic acids is 1. The van der Waals surface area contributed by atoms with E-state index in [0.29, 0.717) is 12.3 Å². The molecule has 0 bridgehead atoms. The van der Waals surface area contributed by atoms with Gasteiger partial charge in [0.15, 0.2) is 0 Å². The summed E-state index contributed by atoms with van der Waals surface area (Å²) in [7, 11) is 0. The Hall–Kier alpha value is -1.26. The summed E-state index contributed by atoms with van der Waals surface area (Å²) in [5.41, 5.74) is -0.604. The molecule has 0 heterocycles. The van der Waals surface area contributed by atoms with Gasteiger partial charge in [-0.15, -0.1) is 0 Å². The normalized spacial score (nSPS) is 17.7. The average Bonchev–Trinajstić information content (AvgIpc) is 2.82. The van der Waals surface area contributed by atoms with Crippen LogP contribution in [0.4, 0.5) is 4.79 Å². The molecule has 1 unspecified atom stereocenters. The summed E-state index contributed by atoms with van der Waals surface area (Å²) in [6.07, 6.45) is 1.94. The highest BCUT2D eigenvalue weighted by atomic mass is 16.6. The van der Waals surface area contributed by atoms with Gasteiger partial charge in [0.05, 0.1) is 0 Å². The monoisotopic (exact) mass is 229 g/mol. The molecular weight excluding hydrogens is 210 g/mol. The maximum atomic E-state index is 11.4. The number of hydrogen-bond donors (Lipinski definition) is 2. The van der Waals surface area contributed by atoms with Crippen LogP contribution in [-0.2, 0) is 9.53 Å². The Balaban J connectivity index is 2.41. The Kier molecular flexibility index (Phi) is 3.78. The molecule has 0 aliphatic heterocycles. The van der Waals surface area contributed by atoms with Gasteiger partial charge in [0, 0.05) is 0 Å². The van der Waals surface area contributed by atoms with E-state index in [-0.39, 0.29) is 0 Å². The fourth-order valence-electron chi connectivity index (χ4n) is 1.36. The van der Waals surface area contributed by atoms with Crippen molar-refractivity contribution in [3.05, 3.63) is 0 Å². The van der Waals surface area contributed by atoms with E-state index in [1.807, 2.05) is 0 Å². The molecule has 92 valence electrons. The number of aliphatic carboxylic acids is 1. The molecule has 1 amide bonds. The van der Waals surface area contributed by atoms with Crippen molar-refractivity contribution in [1.29, 1.82) is 0 Å². The number of hydrogen-bond acceptors (Lipinski definition) is 3. The van der Waals surface area contributed by atoms with Crippen LogP contribution in [-0.4, -0.2) is 28.8 Å². The summed E-state index contributed by atoms with van der Waals surface area (Å²) in [4.78, 5) is 22.3. The van der Waals surface area contributed by atoms with Crippen LogP contribution < -0.4 is 5.32 Å². The van der Waals surface area contributed by atoms with Crippen LogP contribution in [0.1, 0.15) is 40.0 Å². The van der Waals surface area contributed by atoms with Crippen molar-refractivity contribution in [1.82, 2.24) is 5.32 Å². The average molecular weight is 229 g/mol. The molecule has 0 aromatic heterocycles. The molecule has 5 nitrogen and oxygen atoms in total. The first kappa shape index (κ1) is 12.8. The number of carbonyl (C=O) groups is 2. The van der Waals surface area contributed by atoms with Crippen molar-refractivity contribution >= 4 is 12.1 Å². The molecule has 1 rings (SSSR count). The zero-order valence-electron chi connectivity index (χ0n) is 9.95. The first-order chi connectivity index (χ1) is 7.28. The summed E-state index contributed by atoms with van der Waals surface area (Å²) in [6.45, 7) is 5.22. The molecule has 0 saturated heterocycles. The van der Waals surface area contributed by atoms with Crippen molar-refractivity contribution < 1.29 is 19.4 Å². The molecule has 1 aliphatic rings. The molecule has 1 fully saturated rings. The van der Waals surface area contributed by atoms with Gasteiger partial charge in [-0.2, -0.15) is 0 Å². The number of ether oxygens (including phenoxy) is 1. The number of carbonyl (C=O) groups excluding carboxylic acids is 1. The lowest BCUT2D eigenvalue weighted by molar-refractivity contribution is -0.139. The van der Waals surface area contributed by atoms with Crippen LogP contribution in [0.2, 0.25) is 0 Å². The lowest BCUT2D eigenvalue weighted by Crippen LogP contribution is -2.43. The van der Waals surface area contributed by atoms with E-state index >= 15 is 0 Å². The lowest BCUT2D eigenvalue weighted by atomic mass is 10.1. The second kappa shape index (κ2) is 4.72. The third-order valence-electron chi connectivity index (χ3n) is 2.26. The van der Waals surface area contributed by atoms with E-state index in [2.05, 4.69) is 5.32 Å². The summed E-state index contributed by atoms with van der Waals surface area (Å²) < 4.78 is 5.01. The van der Waals surface area contributed by atoms with Crippen LogP contribution in [0.3, 0.4) is 0 Å². The molecule has 16 heavy (non-hydrogen) atoms. The molecule has 1 aliphatic carbocycles. The Morgan fingerprint density at radius 2 is 2.00 bits per heavy atom. The predicted octanol–water partition coefficient (Wildman–Crippen LogP) is 1.76. The minimum absolute atomic E-state index is 0.441. The molecular formula is C11H19NO4. The molecule has 1 saturated carbocycles. The fourth-order valence-corrected chi connectivity index (χ4v) is 1.36. The van der Waals surface area contributed by atoms with E-state index in [9.17, 15) is 9.59 Å². The Morgan fingerprint density at radius 1 is 1.44 bits per heavy atom. The van der Waals surface area contributed by atoms with E-state index in [1.165, 1.54) is 0 Å². The van der Waals surface area contributed by atoms with Crippen LogP contribution >= 0.6 is 0 Å². The van der Waals surface area contributed by atoms with Crippen molar-refractivity contribution in [2.45, 2.75) is 51.7 Å². The summed E-state index contributed by atoms with van der Waals surface area (Å²) in [5, 5.41) is 11.3. The van der Waals surface area contributed by atoms with Gasteiger partial charge in [-0.1, -0.05) is 12.8 Å². The highest BCUT2D eigenvalue weighted by molar-refractivity contribution is 5.80. The zero-order chi connectivity index (χ0) is 12.3. The van der Waals surface area contributed by atoms with Crippen LogP contribution in [0.15, 0.2) is 0 Å². The Labute approximate surface area is 95.2 Å². The second-order valence-electron chi connectivity index (χ2n) is 5.22. The summed E-state index contributed by atoms with van der Waals surface area (Å²) >= 11 is 0. The topological polar surface area (TPSA) is 75.6 Å². The second-order valence-corrected chi connectivity index (χ2v) is 5.22. The number of rotatable bonds is 4. The molecule has 0 radical (unpaired) electrons. The van der Waals surface area contributed by atoms with Crippen molar-refractivity contribution in [3.8, 4) is 0 Å². The van der Waals surface area contributed by atoms with Crippen molar-refractivity contribution in [3.63, 3.8) is 0 Å². The standard InChI is InChI=1S/C11H19NO4/c1-11(2,3)16-10(15)12-8(9(13)14)6-7-4-5-7/h7-8H,4-6H2,1-3H3,(H,12,15)(H,13,14). The number of amides is 1. The molecule has 0 aromatic rings. The first-order valence-electron chi connectivity index (χ1n) is 5.50. The maximum Gasteiger partial charge on any atom is 0.408 e. The first-order valence-corrected chi connectivity index (χ1v) is 5.50. The largest absolute Gasteiger partial charge is 0.480 e. The molecule has 0 spiro atoms. The van der Waals surface area contributed by atoms with Gasteiger partial charge in [-0.05, 0) is 33.1 Å². The molecule has 0 aromatic carbocycles. The highest BCUT2D eigenvalue weighted by Gasteiger charge is 2.31.